The van der Waals surface area contributed by atoms with Crippen molar-refractivity contribution in [2.75, 3.05) is 33.2 Å². The molecule has 0 aromatic carbocycles. The summed E-state index contributed by atoms with van der Waals surface area (Å²) in [5, 5.41) is 0. The van der Waals surface area contributed by atoms with E-state index in [1.807, 2.05) is 20.9 Å². The molecule has 0 aromatic heterocycles. The van der Waals surface area contributed by atoms with E-state index in [1.165, 1.54) is 0 Å². The highest BCUT2D eigenvalue weighted by atomic mass is 19.1. The maximum atomic E-state index is 13.6. The van der Waals surface area contributed by atoms with E-state index >= 15 is 0 Å². The molecule has 0 spiro atoms. The number of piperidine rings is 1. The highest BCUT2D eigenvalue weighted by Gasteiger charge is 2.30. The zero-order valence-corrected chi connectivity index (χ0v) is 11.0. The lowest BCUT2D eigenvalue weighted by Crippen LogP contribution is -2.51. The average Bonchev–Trinajstić information content (AvgIpc) is 2.25. The smallest absolute Gasteiger partial charge is 0.128 e. The first-order chi connectivity index (χ1) is 7.19. The van der Waals surface area contributed by atoms with Crippen LogP contribution >= 0.6 is 0 Å². The Labute approximate surface area is 94.4 Å². The van der Waals surface area contributed by atoms with Crippen LogP contribution in [-0.4, -0.2) is 55.2 Å². The van der Waals surface area contributed by atoms with Crippen LogP contribution in [0.5, 0.6) is 0 Å². The highest BCUT2D eigenvalue weighted by Crippen LogP contribution is 2.18. The predicted molar refractivity (Wildman–Crippen MR) is 65.1 cm³/mol. The van der Waals surface area contributed by atoms with Gasteiger partial charge < -0.3 is 4.90 Å². The number of rotatable bonds is 3. The molecule has 2 unspecified atom stereocenters. The summed E-state index contributed by atoms with van der Waals surface area (Å²) in [6.07, 6.45) is 0.304. The third kappa shape index (κ3) is 4.47. The lowest BCUT2D eigenvalue weighted by molar-refractivity contribution is 0.0493. The summed E-state index contributed by atoms with van der Waals surface area (Å²) < 4.78 is 13.6. The molecule has 1 heterocycles. The van der Waals surface area contributed by atoms with E-state index in [1.54, 1.807) is 0 Å². The fraction of sp³-hybridized carbons (Fsp3) is 1.00. The van der Waals surface area contributed by atoms with Gasteiger partial charge in [-0.15, -0.1) is 0 Å². The van der Waals surface area contributed by atoms with Crippen molar-refractivity contribution in [3.8, 4) is 0 Å². The molecule has 0 aliphatic carbocycles. The van der Waals surface area contributed by atoms with Gasteiger partial charge in [-0.2, -0.15) is 0 Å². The van der Waals surface area contributed by atoms with Crippen molar-refractivity contribution in [2.24, 2.45) is 0 Å². The van der Waals surface area contributed by atoms with Gasteiger partial charge in [0.15, 0.2) is 0 Å². The Morgan fingerprint density at radius 1 is 1.27 bits per heavy atom. The summed E-state index contributed by atoms with van der Waals surface area (Å²) in [6.45, 7) is 11.8. The van der Waals surface area contributed by atoms with Crippen LogP contribution in [0.3, 0.4) is 0 Å². The molecule has 0 amide bonds. The topological polar surface area (TPSA) is 6.48 Å². The van der Waals surface area contributed by atoms with E-state index in [-0.39, 0.29) is 6.04 Å². The molecule has 0 N–H and O–H groups in total. The van der Waals surface area contributed by atoms with Gasteiger partial charge in [0.2, 0.25) is 0 Å². The molecule has 92 valence electrons. The Bertz CT molecular complexity index is 149. The third-order valence-electron chi connectivity index (χ3n) is 2.99. The minimum atomic E-state index is -0.668. The molecule has 0 bridgehead atoms. The summed E-state index contributed by atoms with van der Waals surface area (Å²) in [4.78, 5) is 4.31. The second-order valence-electron chi connectivity index (χ2n) is 3.86. The number of halogens is 1. The van der Waals surface area contributed by atoms with Crippen LogP contribution in [0.1, 0.15) is 34.1 Å². The first-order valence-electron chi connectivity index (χ1n) is 6.25. The number of hydrogen-bond acceptors (Lipinski definition) is 2. The van der Waals surface area contributed by atoms with Crippen LogP contribution in [0.2, 0.25) is 0 Å². The van der Waals surface area contributed by atoms with Gasteiger partial charge in [0.25, 0.3) is 0 Å². The van der Waals surface area contributed by atoms with Crippen LogP contribution in [-0.2, 0) is 0 Å². The number of likely N-dealkylation sites (tertiary alicyclic amines) is 1. The predicted octanol–water partition coefficient (Wildman–Crippen LogP) is 2.40. The van der Waals surface area contributed by atoms with Crippen molar-refractivity contribution in [2.45, 2.75) is 46.3 Å². The van der Waals surface area contributed by atoms with Gasteiger partial charge in [-0.05, 0) is 33.1 Å². The Hall–Kier alpha value is -0.150. The molecule has 1 aliphatic rings. The largest absolute Gasteiger partial charge is 0.303 e. The van der Waals surface area contributed by atoms with Gasteiger partial charge in [-0.1, -0.05) is 27.7 Å². The second kappa shape index (κ2) is 8.05. The Balaban J connectivity index is 0.000000921. The van der Waals surface area contributed by atoms with E-state index in [0.29, 0.717) is 6.54 Å². The molecule has 0 aromatic rings. The Kier molecular flexibility index (Phi) is 7.97. The van der Waals surface area contributed by atoms with Gasteiger partial charge in [0, 0.05) is 12.6 Å². The third-order valence-corrected chi connectivity index (χ3v) is 2.99. The average molecular weight is 218 g/mol. The quantitative estimate of drug-likeness (QED) is 0.717. The highest BCUT2D eigenvalue weighted by molar-refractivity contribution is 4.85. The van der Waals surface area contributed by atoms with E-state index in [4.69, 9.17) is 0 Å². The first-order valence-corrected chi connectivity index (χ1v) is 6.25. The second-order valence-corrected chi connectivity index (χ2v) is 3.86. The maximum absolute atomic E-state index is 13.6. The van der Waals surface area contributed by atoms with Gasteiger partial charge in [-0.3, -0.25) is 4.90 Å². The van der Waals surface area contributed by atoms with E-state index in [9.17, 15) is 4.39 Å². The molecule has 2 atom stereocenters. The van der Waals surface area contributed by atoms with Crippen molar-refractivity contribution < 1.29 is 4.39 Å². The molecule has 1 saturated heterocycles. The summed E-state index contributed by atoms with van der Waals surface area (Å²) in [5.74, 6) is 0. The summed E-state index contributed by atoms with van der Waals surface area (Å²) >= 11 is 0. The molecule has 1 rings (SSSR count). The van der Waals surface area contributed by atoms with Crippen molar-refractivity contribution in [1.29, 1.82) is 0 Å². The van der Waals surface area contributed by atoms with Crippen LogP contribution in [0.25, 0.3) is 0 Å². The van der Waals surface area contributed by atoms with Crippen LogP contribution in [0.15, 0.2) is 0 Å². The van der Waals surface area contributed by atoms with Crippen molar-refractivity contribution >= 4 is 0 Å². The van der Waals surface area contributed by atoms with Crippen LogP contribution in [0.4, 0.5) is 4.39 Å². The lowest BCUT2D eigenvalue weighted by Gasteiger charge is -2.38. The maximum Gasteiger partial charge on any atom is 0.128 e. The number of hydrogen-bond donors (Lipinski definition) is 0. The van der Waals surface area contributed by atoms with Gasteiger partial charge in [-0.25, -0.2) is 4.39 Å². The molecular formula is C12H27FN2. The molecule has 0 radical (unpaired) electrons. The van der Waals surface area contributed by atoms with E-state index in [0.717, 1.165) is 26.1 Å². The van der Waals surface area contributed by atoms with E-state index in [2.05, 4.69) is 23.6 Å². The Morgan fingerprint density at radius 3 is 2.20 bits per heavy atom. The van der Waals surface area contributed by atoms with Crippen molar-refractivity contribution in [1.82, 2.24) is 9.80 Å². The van der Waals surface area contributed by atoms with Gasteiger partial charge in [0.05, 0.1) is 0 Å². The summed E-state index contributed by atoms with van der Waals surface area (Å²) in [6, 6.07) is 0.159. The van der Waals surface area contributed by atoms with Gasteiger partial charge >= 0.3 is 0 Å². The zero-order chi connectivity index (χ0) is 11.8. The van der Waals surface area contributed by atoms with Crippen LogP contribution < -0.4 is 0 Å². The lowest BCUT2D eigenvalue weighted by atomic mass is 10.0. The molecule has 15 heavy (non-hydrogen) atoms. The Morgan fingerprint density at radius 2 is 1.80 bits per heavy atom. The number of nitrogens with zero attached hydrogens (tertiary/aromatic N) is 2. The summed E-state index contributed by atoms with van der Waals surface area (Å²) in [7, 11) is 1.99. The molecule has 1 aliphatic heterocycles. The zero-order valence-electron chi connectivity index (χ0n) is 11.0. The molecule has 2 nitrogen and oxygen atoms in total. The molecule has 0 saturated carbocycles. The monoisotopic (exact) mass is 218 g/mol. The minimum Gasteiger partial charge on any atom is -0.303 e. The molecule has 3 heteroatoms. The standard InChI is InChI=1S/C10H21FN2.C2H6/c1-4-13(5-2)10-6-7-12(3)8-9(10)11;1-2/h9-10H,4-8H2,1-3H3;1-2H3. The van der Waals surface area contributed by atoms with Crippen molar-refractivity contribution in [3.63, 3.8) is 0 Å². The molecule has 1 fully saturated rings. The van der Waals surface area contributed by atoms with E-state index < -0.39 is 6.17 Å². The fourth-order valence-corrected chi connectivity index (χ4v) is 2.15. The summed E-state index contributed by atoms with van der Waals surface area (Å²) in [5.41, 5.74) is 0. The number of alkyl halides is 1. The first kappa shape index (κ1) is 14.8. The molecular weight excluding hydrogens is 191 g/mol. The normalized spacial score (nSPS) is 27.4. The van der Waals surface area contributed by atoms with Gasteiger partial charge in [0.1, 0.15) is 6.17 Å². The van der Waals surface area contributed by atoms with Crippen molar-refractivity contribution in [3.05, 3.63) is 0 Å². The fourth-order valence-electron chi connectivity index (χ4n) is 2.15. The minimum absolute atomic E-state index is 0.159. The SMILES string of the molecule is CC.CCN(CC)C1CCN(C)CC1F. The van der Waals surface area contributed by atoms with Crippen LogP contribution in [0, 0.1) is 0 Å².